The minimum atomic E-state index is -1.24. The quantitative estimate of drug-likeness (QED) is 0.213. The van der Waals surface area contributed by atoms with E-state index >= 15 is 0 Å². The number of carboxylic acids is 1. The van der Waals surface area contributed by atoms with E-state index in [2.05, 4.69) is 23.3 Å². The average molecular weight is 513 g/mol. The van der Waals surface area contributed by atoms with Crippen LogP contribution < -0.4 is 16.4 Å². The van der Waals surface area contributed by atoms with Crippen molar-refractivity contribution in [2.75, 3.05) is 24.3 Å². The van der Waals surface area contributed by atoms with Gasteiger partial charge < -0.3 is 31.5 Å². The minimum absolute atomic E-state index is 0.00652. The first-order chi connectivity index (χ1) is 16.2. The second-order valence-electron chi connectivity index (χ2n) is 8.09. The largest absolute Gasteiger partial charge is 0.508 e. The van der Waals surface area contributed by atoms with Gasteiger partial charge in [0.25, 0.3) is 0 Å². The maximum absolute atomic E-state index is 12.9. The summed E-state index contributed by atoms with van der Waals surface area (Å²) in [5, 5.41) is 23.9. The minimum Gasteiger partial charge on any atom is -0.508 e. The molecule has 0 saturated carbocycles. The van der Waals surface area contributed by atoms with E-state index in [0.717, 1.165) is 5.75 Å². The monoisotopic (exact) mass is 512 g/mol. The Morgan fingerprint density at radius 3 is 2.47 bits per heavy atom. The van der Waals surface area contributed by atoms with Crippen molar-refractivity contribution < 1.29 is 29.4 Å². The first-order valence-electron chi connectivity index (χ1n) is 10.9. The number of nitrogens with one attached hydrogen (secondary N) is 2. The molecule has 0 radical (unpaired) electrons. The lowest BCUT2D eigenvalue weighted by Crippen LogP contribution is -2.57. The number of nitrogens with zero attached hydrogens (tertiary/aromatic N) is 1. The standard InChI is InChI=1S/C22H32N4O6S2/c1-34-10-8-15(23)21(30)26-9-2-3-18(26)20(29)25-17(12-33)19(28)24-16(22(31)32)11-13-4-6-14(27)7-5-13/h4-7,15-18,27,33H,2-3,8-12,23H2,1H3,(H,24,28)(H,25,29)(H,31,32). The second-order valence-corrected chi connectivity index (χ2v) is 9.44. The lowest BCUT2D eigenvalue weighted by molar-refractivity contribution is -0.142. The molecule has 0 bridgehead atoms. The summed E-state index contributed by atoms with van der Waals surface area (Å²) in [6.07, 6.45) is 3.51. The molecular weight excluding hydrogens is 480 g/mol. The molecule has 1 aromatic rings. The number of amides is 3. The number of carboxylic acid groups (broad SMARTS) is 1. The van der Waals surface area contributed by atoms with Gasteiger partial charge in [-0.1, -0.05) is 12.1 Å². The van der Waals surface area contributed by atoms with Gasteiger partial charge in [0, 0.05) is 18.7 Å². The number of phenols is 1. The van der Waals surface area contributed by atoms with E-state index in [1.54, 1.807) is 23.9 Å². The van der Waals surface area contributed by atoms with Crippen molar-refractivity contribution >= 4 is 48.1 Å². The molecule has 1 fully saturated rings. The fraction of sp³-hybridized carbons (Fsp3) is 0.545. The second kappa shape index (κ2) is 13.4. The lowest BCUT2D eigenvalue weighted by atomic mass is 10.1. The maximum Gasteiger partial charge on any atom is 0.326 e. The summed E-state index contributed by atoms with van der Waals surface area (Å²) in [6, 6.07) is 2.21. The molecule has 0 aliphatic carbocycles. The van der Waals surface area contributed by atoms with Crippen LogP contribution in [0, 0.1) is 0 Å². The Morgan fingerprint density at radius 2 is 1.88 bits per heavy atom. The summed E-state index contributed by atoms with van der Waals surface area (Å²) in [5.41, 5.74) is 6.60. The summed E-state index contributed by atoms with van der Waals surface area (Å²) < 4.78 is 0. The van der Waals surface area contributed by atoms with Gasteiger partial charge in [-0.25, -0.2) is 4.79 Å². The molecule has 4 atom stereocenters. The Kier molecular flexibility index (Phi) is 11.0. The molecule has 1 aliphatic heterocycles. The molecule has 1 aliphatic rings. The van der Waals surface area contributed by atoms with Crippen LogP contribution in [0.4, 0.5) is 0 Å². The summed E-state index contributed by atoms with van der Waals surface area (Å²) in [4.78, 5) is 51.5. The van der Waals surface area contributed by atoms with Gasteiger partial charge in [-0.2, -0.15) is 24.4 Å². The van der Waals surface area contributed by atoms with Gasteiger partial charge in [0.1, 0.15) is 23.9 Å². The van der Waals surface area contributed by atoms with E-state index in [-0.39, 0.29) is 23.8 Å². The smallest absolute Gasteiger partial charge is 0.326 e. The van der Waals surface area contributed by atoms with Gasteiger partial charge >= 0.3 is 5.97 Å². The van der Waals surface area contributed by atoms with Crippen molar-refractivity contribution in [2.45, 2.75) is 49.9 Å². The fourth-order valence-corrected chi connectivity index (χ4v) is 4.43. The Balaban J connectivity index is 2.00. The number of likely N-dealkylation sites (tertiary alicyclic amines) is 1. The van der Waals surface area contributed by atoms with Gasteiger partial charge in [-0.15, -0.1) is 0 Å². The number of thiol groups is 1. The van der Waals surface area contributed by atoms with Crippen LogP contribution in [0.5, 0.6) is 5.75 Å². The molecule has 1 aromatic carbocycles. The van der Waals surface area contributed by atoms with Crippen molar-refractivity contribution in [3.05, 3.63) is 29.8 Å². The molecule has 1 saturated heterocycles. The highest BCUT2D eigenvalue weighted by molar-refractivity contribution is 7.98. The van der Waals surface area contributed by atoms with Crippen LogP contribution in [0.1, 0.15) is 24.8 Å². The van der Waals surface area contributed by atoms with Gasteiger partial charge in [0.15, 0.2) is 0 Å². The lowest BCUT2D eigenvalue weighted by Gasteiger charge is -2.28. The third-order valence-electron chi connectivity index (χ3n) is 5.60. The normalized spacial score (nSPS) is 18.1. The van der Waals surface area contributed by atoms with Crippen molar-refractivity contribution in [3.63, 3.8) is 0 Å². The molecule has 1 heterocycles. The van der Waals surface area contributed by atoms with E-state index in [1.807, 2.05) is 6.26 Å². The van der Waals surface area contributed by atoms with Crippen LogP contribution in [0.25, 0.3) is 0 Å². The van der Waals surface area contributed by atoms with Crippen molar-refractivity contribution in [3.8, 4) is 5.75 Å². The van der Waals surface area contributed by atoms with Gasteiger partial charge in [-0.3, -0.25) is 14.4 Å². The van der Waals surface area contributed by atoms with E-state index in [4.69, 9.17) is 5.73 Å². The Hall–Kier alpha value is -2.44. The predicted molar refractivity (Wildman–Crippen MR) is 133 cm³/mol. The van der Waals surface area contributed by atoms with Crippen molar-refractivity contribution in [1.82, 2.24) is 15.5 Å². The summed E-state index contributed by atoms with van der Waals surface area (Å²) >= 11 is 5.72. The van der Waals surface area contributed by atoms with E-state index in [0.29, 0.717) is 31.4 Å². The predicted octanol–water partition coefficient (Wildman–Crippen LogP) is -0.00990. The molecule has 188 valence electrons. The molecule has 4 unspecified atom stereocenters. The first kappa shape index (κ1) is 27.8. The number of nitrogens with two attached hydrogens (primary N) is 1. The number of rotatable bonds is 12. The highest BCUT2D eigenvalue weighted by Crippen LogP contribution is 2.19. The number of thioether (sulfide) groups is 1. The Morgan fingerprint density at radius 1 is 1.21 bits per heavy atom. The van der Waals surface area contributed by atoms with Crippen LogP contribution in [-0.4, -0.2) is 87.3 Å². The topological polar surface area (TPSA) is 162 Å². The average Bonchev–Trinajstić information content (AvgIpc) is 3.31. The first-order valence-corrected chi connectivity index (χ1v) is 13.0. The maximum atomic E-state index is 12.9. The van der Waals surface area contributed by atoms with Gasteiger partial charge in [0.05, 0.1) is 6.04 Å². The van der Waals surface area contributed by atoms with E-state index in [9.17, 15) is 29.4 Å². The summed E-state index contributed by atoms with van der Waals surface area (Å²) in [6.45, 7) is 0.412. The number of aliphatic carboxylic acids is 1. The highest BCUT2D eigenvalue weighted by atomic mass is 32.2. The zero-order valence-corrected chi connectivity index (χ0v) is 20.7. The third-order valence-corrected chi connectivity index (χ3v) is 6.60. The molecular formula is C22H32N4O6S2. The summed E-state index contributed by atoms with van der Waals surface area (Å²) in [7, 11) is 0. The Bertz CT molecular complexity index is 869. The SMILES string of the molecule is CSCCC(N)C(=O)N1CCCC1C(=O)NC(CS)C(=O)NC(Cc1ccc(O)cc1)C(=O)O. The van der Waals surface area contributed by atoms with Crippen molar-refractivity contribution in [2.24, 2.45) is 5.73 Å². The summed E-state index contributed by atoms with van der Waals surface area (Å²) in [5.74, 6) is -2.01. The molecule has 34 heavy (non-hydrogen) atoms. The van der Waals surface area contributed by atoms with Crippen LogP contribution in [0.3, 0.4) is 0 Å². The number of benzene rings is 1. The van der Waals surface area contributed by atoms with Crippen molar-refractivity contribution in [1.29, 1.82) is 0 Å². The fourth-order valence-electron chi connectivity index (χ4n) is 3.69. The number of hydrogen-bond donors (Lipinski definition) is 6. The molecule has 6 N–H and O–H groups in total. The number of carbonyl (C=O) groups excluding carboxylic acids is 3. The van der Waals surface area contributed by atoms with Crippen LogP contribution in [-0.2, 0) is 25.6 Å². The van der Waals surface area contributed by atoms with E-state index in [1.165, 1.54) is 17.0 Å². The highest BCUT2D eigenvalue weighted by Gasteiger charge is 2.37. The number of phenolic OH excluding ortho intramolecular Hbond substituents is 1. The number of hydrogen-bond acceptors (Lipinski definition) is 8. The zero-order chi connectivity index (χ0) is 25.3. The van der Waals surface area contributed by atoms with E-state index < -0.39 is 42.0 Å². The number of carbonyl (C=O) groups is 4. The van der Waals surface area contributed by atoms with Crippen LogP contribution in [0.2, 0.25) is 0 Å². The molecule has 0 aromatic heterocycles. The Labute approximate surface area is 208 Å². The molecule has 10 nitrogen and oxygen atoms in total. The number of aromatic hydroxyl groups is 1. The molecule has 3 amide bonds. The third kappa shape index (κ3) is 7.81. The molecule has 12 heteroatoms. The van der Waals surface area contributed by atoms with Gasteiger partial charge in [-0.05, 0) is 49.0 Å². The molecule has 0 spiro atoms. The van der Waals surface area contributed by atoms with Gasteiger partial charge in [0.2, 0.25) is 17.7 Å². The van der Waals surface area contributed by atoms with Crippen LogP contribution >= 0.6 is 24.4 Å². The molecule has 2 rings (SSSR count). The zero-order valence-electron chi connectivity index (χ0n) is 19.0. The van der Waals surface area contributed by atoms with Crippen LogP contribution in [0.15, 0.2) is 24.3 Å².